The lowest BCUT2D eigenvalue weighted by Crippen LogP contribution is -2.05. The van der Waals surface area contributed by atoms with Gasteiger partial charge < -0.3 is 5.11 Å². The second kappa shape index (κ2) is 4.74. The third-order valence-corrected chi connectivity index (χ3v) is 2.36. The van der Waals surface area contributed by atoms with Crippen molar-refractivity contribution in [2.24, 2.45) is 0 Å². The first kappa shape index (κ1) is 11.3. The first-order valence-corrected chi connectivity index (χ1v) is 5.26. The maximum atomic E-state index is 10.6. The van der Waals surface area contributed by atoms with E-state index in [4.69, 9.17) is 5.11 Å². The van der Waals surface area contributed by atoms with Crippen LogP contribution in [-0.4, -0.2) is 21.0 Å². The summed E-state index contributed by atoms with van der Waals surface area (Å²) in [5.41, 5.74) is 2.88. The number of carboxylic acids is 1. The van der Waals surface area contributed by atoms with Gasteiger partial charge in [-0.2, -0.15) is 0 Å². The van der Waals surface area contributed by atoms with Crippen LogP contribution in [0.25, 0.3) is 11.3 Å². The number of hydrogen-bond donors (Lipinski definition) is 1. The molecule has 0 unspecified atom stereocenters. The van der Waals surface area contributed by atoms with Crippen LogP contribution in [0.4, 0.5) is 0 Å². The normalized spacial score (nSPS) is 10.2. The number of aryl methyl sites for hydroxylation is 1. The zero-order valence-corrected chi connectivity index (χ0v) is 9.42. The van der Waals surface area contributed by atoms with Crippen molar-refractivity contribution in [2.45, 2.75) is 13.3 Å². The third kappa shape index (κ3) is 2.87. The van der Waals surface area contributed by atoms with Gasteiger partial charge >= 0.3 is 5.97 Å². The average Bonchev–Trinajstić information content (AvgIpc) is 2.29. The minimum Gasteiger partial charge on any atom is -0.481 e. The van der Waals surface area contributed by atoms with Crippen LogP contribution in [0.2, 0.25) is 0 Å². The van der Waals surface area contributed by atoms with E-state index in [0.717, 1.165) is 11.3 Å². The summed E-state index contributed by atoms with van der Waals surface area (Å²) < 4.78 is 0. The highest BCUT2D eigenvalue weighted by atomic mass is 16.4. The molecule has 0 radical (unpaired) electrons. The van der Waals surface area contributed by atoms with Gasteiger partial charge in [0, 0.05) is 11.8 Å². The summed E-state index contributed by atoms with van der Waals surface area (Å²) in [6.45, 7) is 2.01. The topological polar surface area (TPSA) is 63.1 Å². The maximum absolute atomic E-state index is 10.6. The van der Waals surface area contributed by atoms with E-state index in [1.54, 1.807) is 12.3 Å². The summed E-state index contributed by atoms with van der Waals surface area (Å²) in [4.78, 5) is 18.7. The molecule has 1 aromatic heterocycles. The van der Waals surface area contributed by atoms with Crippen LogP contribution in [0.3, 0.4) is 0 Å². The van der Waals surface area contributed by atoms with Crippen LogP contribution in [0, 0.1) is 6.92 Å². The van der Waals surface area contributed by atoms with Gasteiger partial charge in [0.25, 0.3) is 0 Å². The molecule has 1 aromatic carbocycles. The van der Waals surface area contributed by atoms with Gasteiger partial charge in [0.1, 0.15) is 12.2 Å². The number of rotatable bonds is 3. The first-order chi connectivity index (χ1) is 8.15. The summed E-state index contributed by atoms with van der Waals surface area (Å²) in [5, 5.41) is 8.68. The van der Waals surface area contributed by atoms with E-state index in [1.165, 1.54) is 5.56 Å². The van der Waals surface area contributed by atoms with Crippen molar-refractivity contribution in [3.8, 4) is 11.3 Å². The highest BCUT2D eigenvalue weighted by Gasteiger charge is 2.05. The van der Waals surface area contributed by atoms with E-state index in [2.05, 4.69) is 9.97 Å². The molecule has 86 valence electrons. The van der Waals surface area contributed by atoms with E-state index in [0.29, 0.717) is 5.82 Å². The van der Waals surface area contributed by atoms with Gasteiger partial charge in [-0.05, 0) is 13.0 Å². The fourth-order valence-electron chi connectivity index (χ4n) is 1.50. The van der Waals surface area contributed by atoms with Gasteiger partial charge in [0.05, 0.1) is 5.69 Å². The van der Waals surface area contributed by atoms with Crippen molar-refractivity contribution in [1.82, 2.24) is 9.97 Å². The van der Waals surface area contributed by atoms with Crippen LogP contribution in [0.1, 0.15) is 11.4 Å². The molecular weight excluding hydrogens is 216 g/mol. The predicted octanol–water partition coefficient (Wildman–Crippen LogP) is 2.08. The number of benzene rings is 1. The Bertz CT molecular complexity index is 535. The van der Waals surface area contributed by atoms with E-state index in [-0.39, 0.29) is 6.42 Å². The number of aliphatic carboxylic acids is 1. The Morgan fingerprint density at radius 3 is 2.59 bits per heavy atom. The Kier molecular flexibility index (Phi) is 3.14. The molecule has 0 saturated heterocycles. The van der Waals surface area contributed by atoms with Crippen molar-refractivity contribution in [2.75, 3.05) is 0 Å². The van der Waals surface area contributed by atoms with Crippen LogP contribution >= 0.6 is 0 Å². The highest BCUT2D eigenvalue weighted by molar-refractivity contribution is 5.69. The Labute approximate surface area is 99.0 Å². The average molecular weight is 228 g/mol. The number of hydrogen-bond acceptors (Lipinski definition) is 3. The number of aromatic nitrogens is 2. The van der Waals surface area contributed by atoms with Crippen LogP contribution in [0.15, 0.2) is 36.5 Å². The minimum atomic E-state index is -0.925. The predicted molar refractivity (Wildman–Crippen MR) is 63.5 cm³/mol. The Morgan fingerprint density at radius 2 is 1.94 bits per heavy atom. The summed E-state index contributed by atoms with van der Waals surface area (Å²) in [6, 6.07) is 9.68. The van der Waals surface area contributed by atoms with Crippen LogP contribution in [-0.2, 0) is 11.2 Å². The molecule has 0 aliphatic carbocycles. The molecule has 0 bridgehead atoms. The molecule has 0 aliphatic rings. The Balaban J connectivity index is 2.32. The largest absolute Gasteiger partial charge is 0.481 e. The Morgan fingerprint density at radius 1 is 1.24 bits per heavy atom. The molecular formula is C13H12N2O2. The molecule has 1 N–H and O–H groups in total. The molecule has 0 saturated carbocycles. The molecule has 0 spiro atoms. The number of carbonyl (C=O) groups is 1. The van der Waals surface area contributed by atoms with Crippen molar-refractivity contribution in [1.29, 1.82) is 0 Å². The molecule has 2 aromatic rings. The molecule has 4 heteroatoms. The lowest BCUT2D eigenvalue weighted by atomic mass is 10.1. The quantitative estimate of drug-likeness (QED) is 0.873. The number of nitrogens with zero attached hydrogens (tertiary/aromatic N) is 2. The van der Waals surface area contributed by atoms with E-state index in [1.807, 2.05) is 31.2 Å². The summed E-state index contributed by atoms with van der Waals surface area (Å²) in [7, 11) is 0. The van der Waals surface area contributed by atoms with Gasteiger partial charge in [-0.1, -0.05) is 29.8 Å². The SMILES string of the molecule is Cc1ccc(-c2ccnc(CC(=O)O)n2)cc1. The maximum Gasteiger partial charge on any atom is 0.311 e. The molecule has 0 aliphatic heterocycles. The lowest BCUT2D eigenvalue weighted by molar-refractivity contribution is -0.136. The lowest BCUT2D eigenvalue weighted by Gasteiger charge is -2.02. The van der Waals surface area contributed by atoms with E-state index < -0.39 is 5.97 Å². The second-order valence-electron chi connectivity index (χ2n) is 3.79. The highest BCUT2D eigenvalue weighted by Crippen LogP contribution is 2.16. The second-order valence-corrected chi connectivity index (χ2v) is 3.79. The first-order valence-electron chi connectivity index (χ1n) is 5.26. The molecule has 2 rings (SSSR count). The van der Waals surface area contributed by atoms with Crippen LogP contribution in [0.5, 0.6) is 0 Å². The smallest absolute Gasteiger partial charge is 0.311 e. The van der Waals surface area contributed by atoms with Crippen molar-refractivity contribution < 1.29 is 9.90 Å². The fourth-order valence-corrected chi connectivity index (χ4v) is 1.50. The van der Waals surface area contributed by atoms with E-state index in [9.17, 15) is 4.79 Å². The zero-order valence-electron chi connectivity index (χ0n) is 9.42. The minimum absolute atomic E-state index is 0.153. The monoisotopic (exact) mass is 228 g/mol. The van der Waals surface area contributed by atoms with Crippen molar-refractivity contribution in [3.05, 3.63) is 47.9 Å². The van der Waals surface area contributed by atoms with Gasteiger partial charge in [-0.25, -0.2) is 9.97 Å². The molecule has 17 heavy (non-hydrogen) atoms. The van der Waals surface area contributed by atoms with Crippen molar-refractivity contribution >= 4 is 5.97 Å². The molecule has 0 atom stereocenters. The number of carboxylic acid groups (broad SMARTS) is 1. The molecule has 0 amide bonds. The van der Waals surface area contributed by atoms with Crippen molar-refractivity contribution in [3.63, 3.8) is 0 Å². The summed E-state index contributed by atoms with van der Waals surface area (Å²) >= 11 is 0. The summed E-state index contributed by atoms with van der Waals surface area (Å²) in [6.07, 6.45) is 1.43. The van der Waals surface area contributed by atoms with Gasteiger partial charge in [0.15, 0.2) is 0 Å². The van der Waals surface area contributed by atoms with Gasteiger partial charge in [0.2, 0.25) is 0 Å². The van der Waals surface area contributed by atoms with Gasteiger partial charge in [-0.3, -0.25) is 4.79 Å². The molecule has 0 fully saturated rings. The van der Waals surface area contributed by atoms with E-state index >= 15 is 0 Å². The van der Waals surface area contributed by atoms with Crippen LogP contribution < -0.4 is 0 Å². The van der Waals surface area contributed by atoms with Gasteiger partial charge in [-0.15, -0.1) is 0 Å². The Hall–Kier alpha value is -2.23. The summed E-state index contributed by atoms with van der Waals surface area (Å²) in [5.74, 6) is -0.596. The zero-order chi connectivity index (χ0) is 12.3. The molecule has 4 nitrogen and oxygen atoms in total. The fraction of sp³-hybridized carbons (Fsp3) is 0.154. The standard InChI is InChI=1S/C13H12N2O2/c1-9-2-4-10(5-3-9)11-6-7-14-12(15-11)8-13(16)17/h2-7H,8H2,1H3,(H,16,17). The molecule has 1 heterocycles. The third-order valence-electron chi connectivity index (χ3n) is 2.36.